The van der Waals surface area contributed by atoms with E-state index in [1.54, 1.807) is 7.05 Å². The van der Waals surface area contributed by atoms with Gasteiger partial charge in [-0.3, -0.25) is 4.99 Å². The van der Waals surface area contributed by atoms with Crippen LogP contribution in [0.25, 0.3) is 0 Å². The number of rotatable bonds is 4. The van der Waals surface area contributed by atoms with Crippen molar-refractivity contribution in [3.63, 3.8) is 0 Å². The van der Waals surface area contributed by atoms with E-state index in [0.717, 1.165) is 37.3 Å². The van der Waals surface area contributed by atoms with Crippen molar-refractivity contribution in [3.05, 3.63) is 34.1 Å². The highest BCUT2D eigenvalue weighted by atomic mass is 79.9. The van der Waals surface area contributed by atoms with Crippen molar-refractivity contribution in [3.8, 4) is 0 Å². The van der Waals surface area contributed by atoms with Crippen LogP contribution in [0, 0.1) is 5.82 Å². The molecular weight excluding hydrogens is 349 g/mol. The van der Waals surface area contributed by atoms with E-state index >= 15 is 0 Å². The van der Waals surface area contributed by atoms with Crippen LogP contribution in [0.2, 0.25) is 0 Å². The second-order valence-corrected chi connectivity index (χ2v) is 6.71. The van der Waals surface area contributed by atoms with Gasteiger partial charge in [-0.1, -0.05) is 6.07 Å². The quantitative estimate of drug-likeness (QED) is 0.633. The van der Waals surface area contributed by atoms with Crippen molar-refractivity contribution in [1.82, 2.24) is 10.6 Å². The molecule has 1 aromatic rings. The van der Waals surface area contributed by atoms with E-state index in [0.29, 0.717) is 22.7 Å². The first-order chi connectivity index (χ1) is 10.7. The molecule has 2 heterocycles. The van der Waals surface area contributed by atoms with Gasteiger partial charge in [-0.2, -0.15) is 0 Å². The van der Waals surface area contributed by atoms with Gasteiger partial charge < -0.3 is 15.4 Å². The number of nitrogens with zero attached hydrogens (tertiary/aromatic N) is 1. The number of aliphatic imine (C=N–C) groups is 1. The molecule has 3 unspecified atom stereocenters. The summed E-state index contributed by atoms with van der Waals surface area (Å²) in [6, 6.07) is 5.47. The van der Waals surface area contributed by atoms with E-state index in [-0.39, 0.29) is 5.82 Å². The Balaban J connectivity index is 1.46. The van der Waals surface area contributed by atoms with E-state index in [4.69, 9.17) is 4.74 Å². The van der Waals surface area contributed by atoms with E-state index in [2.05, 4.69) is 31.6 Å². The van der Waals surface area contributed by atoms with Crippen LogP contribution in [-0.4, -0.2) is 37.8 Å². The minimum Gasteiger partial charge on any atom is -0.373 e. The van der Waals surface area contributed by atoms with Gasteiger partial charge in [-0.15, -0.1) is 0 Å². The Morgan fingerprint density at radius 3 is 2.95 bits per heavy atom. The Kier molecular flexibility index (Phi) is 4.98. The zero-order valence-electron chi connectivity index (χ0n) is 12.6. The number of hydrogen-bond acceptors (Lipinski definition) is 2. The van der Waals surface area contributed by atoms with Gasteiger partial charge >= 0.3 is 0 Å². The molecule has 2 saturated heterocycles. The Morgan fingerprint density at radius 2 is 2.32 bits per heavy atom. The summed E-state index contributed by atoms with van der Waals surface area (Å²) in [5, 5.41) is 6.76. The summed E-state index contributed by atoms with van der Waals surface area (Å²) in [4.78, 5) is 4.27. The summed E-state index contributed by atoms with van der Waals surface area (Å²) < 4.78 is 19.5. The minimum absolute atomic E-state index is 0.231. The highest BCUT2D eigenvalue weighted by Crippen LogP contribution is 2.34. The smallest absolute Gasteiger partial charge is 0.191 e. The zero-order valence-corrected chi connectivity index (χ0v) is 14.2. The summed E-state index contributed by atoms with van der Waals surface area (Å²) in [7, 11) is 1.78. The van der Waals surface area contributed by atoms with Crippen molar-refractivity contribution in [2.75, 3.05) is 13.6 Å². The van der Waals surface area contributed by atoms with Crippen molar-refractivity contribution < 1.29 is 9.13 Å². The van der Waals surface area contributed by atoms with Gasteiger partial charge in [-0.25, -0.2) is 4.39 Å². The lowest BCUT2D eigenvalue weighted by molar-refractivity contribution is 0.0992. The molecule has 1 aromatic carbocycles. The number of halogens is 2. The molecule has 3 rings (SSSR count). The molecule has 22 heavy (non-hydrogen) atoms. The van der Waals surface area contributed by atoms with Gasteiger partial charge in [0.2, 0.25) is 0 Å². The first kappa shape index (κ1) is 15.7. The van der Waals surface area contributed by atoms with Crippen LogP contribution in [0.3, 0.4) is 0 Å². The summed E-state index contributed by atoms with van der Waals surface area (Å²) >= 11 is 3.21. The molecule has 6 heteroatoms. The van der Waals surface area contributed by atoms with Gasteiger partial charge in [0.05, 0.1) is 22.7 Å². The maximum atomic E-state index is 13.2. The van der Waals surface area contributed by atoms with Gasteiger partial charge in [0.15, 0.2) is 5.96 Å². The molecule has 120 valence electrons. The Bertz CT molecular complexity index is 566. The molecule has 2 bridgehead atoms. The molecule has 2 fully saturated rings. The number of fused-ring (bicyclic) bond motifs is 2. The monoisotopic (exact) mass is 369 g/mol. The SMILES string of the molecule is CN=C(NCCc1ccc(F)c(Br)c1)NC1CC2CCC1O2. The van der Waals surface area contributed by atoms with Crippen LogP contribution >= 0.6 is 15.9 Å². The molecule has 0 spiro atoms. The summed E-state index contributed by atoms with van der Waals surface area (Å²) in [6.45, 7) is 0.749. The molecule has 2 N–H and O–H groups in total. The Labute approximate surface area is 138 Å². The lowest BCUT2D eigenvalue weighted by Gasteiger charge is -2.22. The summed E-state index contributed by atoms with van der Waals surface area (Å²) in [5.74, 6) is 0.577. The van der Waals surface area contributed by atoms with Gasteiger partial charge in [0, 0.05) is 13.6 Å². The summed E-state index contributed by atoms with van der Waals surface area (Å²) in [5.41, 5.74) is 1.08. The molecule has 0 saturated carbocycles. The van der Waals surface area contributed by atoms with Gasteiger partial charge in [0.25, 0.3) is 0 Å². The van der Waals surface area contributed by atoms with Crippen molar-refractivity contribution in [2.45, 2.75) is 43.9 Å². The average Bonchev–Trinajstić information content (AvgIpc) is 3.12. The number of guanidine groups is 1. The first-order valence-electron chi connectivity index (χ1n) is 7.72. The predicted octanol–water partition coefficient (Wildman–Crippen LogP) is 2.62. The third-order valence-corrected chi connectivity index (χ3v) is 4.95. The number of nitrogens with one attached hydrogen (secondary N) is 2. The largest absolute Gasteiger partial charge is 0.373 e. The van der Waals surface area contributed by atoms with Crippen molar-refractivity contribution in [1.29, 1.82) is 0 Å². The van der Waals surface area contributed by atoms with E-state index in [1.807, 2.05) is 12.1 Å². The highest BCUT2D eigenvalue weighted by molar-refractivity contribution is 9.10. The lowest BCUT2D eigenvalue weighted by atomic mass is 9.96. The average molecular weight is 370 g/mol. The second-order valence-electron chi connectivity index (χ2n) is 5.86. The number of ether oxygens (including phenoxy) is 1. The van der Waals surface area contributed by atoms with Crippen LogP contribution in [0.4, 0.5) is 4.39 Å². The fourth-order valence-corrected chi connectivity index (χ4v) is 3.61. The van der Waals surface area contributed by atoms with Crippen molar-refractivity contribution >= 4 is 21.9 Å². The molecule has 3 atom stereocenters. The topological polar surface area (TPSA) is 45.7 Å². The van der Waals surface area contributed by atoms with Crippen LogP contribution in [0.5, 0.6) is 0 Å². The molecule has 2 aliphatic heterocycles. The number of hydrogen-bond donors (Lipinski definition) is 2. The maximum Gasteiger partial charge on any atom is 0.191 e. The summed E-state index contributed by atoms with van der Waals surface area (Å²) in [6.07, 6.45) is 4.97. The fraction of sp³-hybridized carbons (Fsp3) is 0.562. The molecule has 0 radical (unpaired) electrons. The van der Waals surface area contributed by atoms with E-state index < -0.39 is 0 Å². The van der Waals surface area contributed by atoms with Gasteiger partial charge in [0.1, 0.15) is 5.82 Å². The van der Waals surface area contributed by atoms with E-state index in [9.17, 15) is 4.39 Å². The van der Waals surface area contributed by atoms with Crippen LogP contribution in [0.1, 0.15) is 24.8 Å². The van der Waals surface area contributed by atoms with Gasteiger partial charge in [-0.05, 0) is 59.3 Å². The zero-order chi connectivity index (χ0) is 15.5. The normalized spacial score (nSPS) is 27.2. The van der Waals surface area contributed by atoms with Crippen LogP contribution in [-0.2, 0) is 11.2 Å². The molecule has 0 aliphatic carbocycles. The molecule has 4 nitrogen and oxygen atoms in total. The maximum absolute atomic E-state index is 13.2. The molecular formula is C16H21BrFN3O. The molecule has 2 aliphatic rings. The van der Waals surface area contributed by atoms with Crippen LogP contribution in [0.15, 0.2) is 27.7 Å². The lowest BCUT2D eigenvalue weighted by Crippen LogP contribution is -2.47. The second kappa shape index (κ2) is 6.96. The molecule has 0 amide bonds. The first-order valence-corrected chi connectivity index (χ1v) is 8.51. The Morgan fingerprint density at radius 1 is 1.45 bits per heavy atom. The highest BCUT2D eigenvalue weighted by Gasteiger charge is 2.41. The standard InChI is InChI=1S/C16H21BrFN3O/c1-19-16(21-14-9-11-3-5-15(14)22-11)20-7-6-10-2-4-13(18)12(17)8-10/h2,4,8,11,14-15H,3,5-7,9H2,1H3,(H2,19,20,21). The predicted molar refractivity (Wildman–Crippen MR) is 88.6 cm³/mol. The fourth-order valence-electron chi connectivity index (χ4n) is 3.18. The third-order valence-electron chi connectivity index (χ3n) is 4.34. The minimum atomic E-state index is -0.231. The number of benzene rings is 1. The van der Waals surface area contributed by atoms with Crippen molar-refractivity contribution in [2.24, 2.45) is 4.99 Å². The van der Waals surface area contributed by atoms with E-state index in [1.165, 1.54) is 12.5 Å². The molecule has 0 aromatic heterocycles. The Hall–Kier alpha value is -1.14. The third kappa shape index (κ3) is 3.60. The van der Waals surface area contributed by atoms with Crippen LogP contribution < -0.4 is 10.6 Å².